The number of rotatable bonds is 8. The highest BCUT2D eigenvalue weighted by Gasteiger charge is 2.13. The van der Waals surface area contributed by atoms with Crippen molar-refractivity contribution in [2.24, 2.45) is 0 Å². The second-order valence-electron chi connectivity index (χ2n) is 7.73. The van der Waals surface area contributed by atoms with Gasteiger partial charge in [-0.1, -0.05) is 37.6 Å². The van der Waals surface area contributed by atoms with Gasteiger partial charge in [0.15, 0.2) is 5.69 Å². The fourth-order valence-corrected chi connectivity index (χ4v) is 3.64. The quantitative estimate of drug-likeness (QED) is 0.297. The van der Waals surface area contributed by atoms with Crippen LogP contribution < -0.4 is 21.3 Å². The standard InChI is InChI=1S/C26H23ClN4O5.C2H6/c1-3-30-24(32)15-23(31(26(30)34)16-17-4-6-18(27)7-5-17)29-19-8-10-20(11-9-19)36-21-12-13-28-22(14-21)25(33)35-2;1-2/h4-15,29H,3,16H2,1-2H3;1-2H3. The number of pyridine rings is 1. The Morgan fingerprint density at radius 2 is 1.63 bits per heavy atom. The fourth-order valence-electron chi connectivity index (χ4n) is 3.52. The van der Waals surface area contributed by atoms with E-state index in [1.165, 1.54) is 34.6 Å². The van der Waals surface area contributed by atoms with Crippen LogP contribution in [0.5, 0.6) is 11.5 Å². The van der Waals surface area contributed by atoms with E-state index in [9.17, 15) is 14.4 Å². The van der Waals surface area contributed by atoms with Gasteiger partial charge >= 0.3 is 11.7 Å². The van der Waals surface area contributed by atoms with Crippen LogP contribution in [0.1, 0.15) is 36.8 Å². The van der Waals surface area contributed by atoms with E-state index in [1.54, 1.807) is 49.4 Å². The third-order valence-electron chi connectivity index (χ3n) is 5.34. The number of ether oxygens (including phenoxy) is 2. The number of hydrogen-bond acceptors (Lipinski definition) is 7. The Morgan fingerprint density at radius 1 is 0.947 bits per heavy atom. The highest BCUT2D eigenvalue weighted by Crippen LogP contribution is 2.25. The van der Waals surface area contributed by atoms with Crippen LogP contribution >= 0.6 is 11.6 Å². The number of aromatic nitrogens is 3. The molecule has 0 spiro atoms. The molecule has 2 aromatic carbocycles. The average molecular weight is 537 g/mol. The zero-order valence-electron chi connectivity index (χ0n) is 21.6. The molecule has 0 aliphatic carbocycles. The van der Waals surface area contributed by atoms with Crippen molar-refractivity contribution in [3.05, 3.63) is 110 Å². The topological polar surface area (TPSA) is 104 Å². The number of anilines is 2. The van der Waals surface area contributed by atoms with Gasteiger partial charge in [-0.25, -0.2) is 14.6 Å². The molecule has 2 aromatic heterocycles. The number of carbonyl (C=O) groups is 1. The summed E-state index contributed by atoms with van der Waals surface area (Å²) in [5.74, 6) is 0.735. The Labute approximate surface area is 225 Å². The van der Waals surface area contributed by atoms with Gasteiger partial charge < -0.3 is 14.8 Å². The van der Waals surface area contributed by atoms with Gasteiger partial charge in [0, 0.05) is 35.6 Å². The highest BCUT2D eigenvalue weighted by atomic mass is 35.5. The lowest BCUT2D eigenvalue weighted by Gasteiger charge is -2.17. The predicted octanol–water partition coefficient (Wildman–Crippen LogP) is 5.48. The van der Waals surface area contributed by atoms with Crippen LogP contribution in [0.2, 0.25) is 5.02 Å². The first-order chi connectivity index (χ1) is 18.4. The molecular weight excluding hydrogens is 508 g/mol. The number of nitrogens with one attached hydrogen (secondary N) is 1. The molecule has 0 bridgehead atoms. The SMILES string of the molecule is CC.CCn1c(=O)cc(Nc2ccc(Oc3ccnc(C(=O)OC)c3)cc2)n(Cc2ccc(Cl)cc2)c1=O. The van der Waals surface area contributed by atoms with Crippen molar-refractivity contribution in [3.8, 4) is 11.5 Å². The van der Waals surface area contributed by atoms with Gasteiger partial charge in [-0.3, -0.25) is 13.9 Å². The molecule has 4 aromatic rings. The number of halogens is 1. The molecule has 38 heavy (non-hydrogen) atoms. The smallest absolute Gasteiger partial charge is 0.356 e. The summed E-state index contributed by atoms with van der Waals surface area (Å²) in [6, 6.07) is 18.6. The maximum absolute atomic E-state index is 13.1. The molecule has 10 heteroatoms. The van der Waals surface area contributed by atoms with E-state index in [1.807, 2.05) is 26.0 Å². The number of carbonyl (C=O) groups excluding carboxylic acids is 1. The summed E-state index contributed by atoms with van der Waals surface area (Å²) in [5.41, 5.74) is 0.829. The maximum Gasteiger partial charge on any atom is 0.356 e. The van der Waals surface area contributed by atoms with Crippen LogP contribution in [0.3, 0.4) is 0 Å². The number of benzene rings is 2. The monoisotopic (exact) mass is 536 g/mol. The van der Waals surface area contributed by atoms with E-state index in [2.05, 4.69) is 15.0 Å². The van der Waals surface area contributed by atoms with Gasteiger partial charge in [0.05, 0.1) is 13.7 Å². The van der Waals surface area contributed by atoms with E-state index in [0.717, 1.165) is 5.56 Å². The van der Waals surface area contributed by atoms with Crippen LogP contribution in [0.15, 0.2) is 82.5 Å². The molecule has 0 fully saturated rings. The Bertz CT molecular complexity index is 1500. The van der Waals surface area contributed by atoms with E-state index in [0.29, 0.717) is 28.0 Å². The number of methoxy groups -OCH3 is 1. The van der Waals surface area contributed by atoms with Crippen molar-refractivity contribution in [1.29, 1.82) is 0 Å². The number of nitrogens with zero attached hydrogens (tertiary/aromatic N) is 3. The van der Waals surface area contributed by atoms with E-state index in [4.69, 9.17) is 16.3 Å². The zero-order chi connectivity index (χ0) is 27.7. The van der Waals surface area contributed by atoms with Crippen molar-refractivity contribution < 1.29 is 14.3 Å². The van der Waals surface area contributed by atoms with Crippen molar-refractivity contribution >= 4 is 29.1 Å². The third kappa shape index (κ3) is 6.89. The minimum Gasteiger partial charge on any atom is -0.464 e. The maximum atomic E-state index is 13.1. The zero-order valence-corrected chi connectivity index (χ0v) is 22.4. The highest BCUT2D eigenvalue weighted by molar-refractivity contribution is 6.30. The summed E-state index contributed by atoms with van der Waals surface area (Å²) < 4.78 is 13.2. The molecule has 0 amide bonds. The molecule has 198 valence electrons. The van der Waals surface area contributed by atoms with Gasteiger partial charge in [-0.15, -0.1) is 0 Å². The summed E-state index contributed by atoms with van der Waals surface area (Å²) >= 11 is 5.98. The molecule has 0 atom stereocenters. The molecule has 0 saturated heterocycles. The van der Waals surface area contributed by atoms with Gasteiger partial charge in [0.1, 0.15) is 17.3 Å². The molecular formula is C28H29ClN4O5. The van der Waals surface area contributed by atoms with E-state index >= 15 is 0 Å². The summed E-state index contributed by atoms with van der Waals surface area (Å²) in [6.45, 7) is 6.26. The van der Waals surface area contributed by atoms with Crippen LogP contribution in [0.4, 0.5) is 11.5 Å². The fraction of sp³-hybridized carbons (Fsp3) is 0.214. The summed E-state index contributed by atoms with van der Waals surface area (Å²) in [7, 11) is 1.28. The lowest BCUT2D eigenvalue weighted by atomic mass is 10.2. The predicted molar refractivity (Wildman–Crippen MR) is 148 cm³/mol. The molecule has 9 nitrogen and oxygen atoms in total. The average Bonchev–Trinajstić information content (AvgIpc) is 2.94. The summed E-state index contributed by atoms with van der Waals surface area (Å²) in [5, 5.41) is 3.75. The normalized spacial score (nSPS) is 10.2. The minimum absolute atomic E-state index is 0.133. The molecule has 0 aliphatic heterocycles. The Kier molecular flexibility index (Phi) is 9.84. The van der Waals surface area contributed by atoms with E-state index in [-0.39, 0.29) is 18.8 Å². The lowest BCUT2D eigenvalue weighted by Crippen LogP contribution is -2.40. The molecule has 4 rings (SSSR count). The summed E-state index contributed by atoms with van der Waals surface area (Å²) in [4.78, 5) is 41.2. The van der Waals surface area contributed by atoms with Crippen molar-refractivity contribution in [2.75, 3.05) is 12.4 Å². The van der Waals surface area contributed by atoms with Gasteiger partial charge in [0.25, 0.3) is 5.56 Å². The second-order valence-corrected chi connectivity index (χ2v) is 8.16. The van der Waals surface area contributed by atoms with Gasteiger partial charge in [-0.05, 0) is 55.0 Å². The number of hydrogen-bond donors (Lipinski definition) is 1. The second kappa shape index (κ2) is 13.3. The molecule has 0 aliphatic rings. The first kappa shape index (κ1) is 28.2. The van der Waals surface area contributed by atoms with Crippen molar-refractivity contribution in [3.63, 3.8) is 0 Å². The molecule has 1 N–H and O–H groups in total. The van der Waals surface area contributed by atoms with Crippen LogP contribution in [-0.4, -0.2) is 27.2 Å². The van der Waals surface area contributed by atoms with Crippen molar-refractivity contribution in [1.82, 2.24) is 14.1 Å². The molecule has 2 heterocycles. The Balaban J connectivity index is 0.00000195. The summed E-state index contributed by atoms with van der Waals surface area (Å²) in [6.07, 6.45) is 1.45. The molecule has 0 radical (unpaired) electrons. The first-order valence-corrected chi connectivity index (χ1v) is 12.4. The van der Waals surface area contributed by atoms with Crippen LogP contribution in [-0.2, 0) is 17.8 Å². The third-order valence-corrected chi connectivity index (χ3v) is 5.59. The molecule has 0 unspecified atom stereocenters. The van der Waals surface area contributed by atoms with Crippen LogP contribution in [0, 0.1) is 0 Å². The first-order valence-electron chi connectivity index (χ1n) is 12.1. The minimum atomic E-state index is -0.561. The van der Waals surface area contributed by atoms with E-state index < -0.39 is 17.2 Å². The van der Waals surface area contributed by atoms with Crippen molar-refractivity contribution in [2.45, 2.75) is 33.9 Å². The molecule has 0 saturated carbocycles. The number of esters is 1. The van der Waals surface area contributed by atoms with Crippen LogP contribution in [0.25, 0.3) is 0 Å². The lowest BCUT2D eigenvalue weighted by molar-refractivity contribution is 0.0593. The largest absolute Gasteiger partial charge is 0.464 e. The Morgan fingerprint density at radius 3 is 2.26 bits per heavy atom. The Hall–Kier alpha value is -4.37. The van der Waals surface area contributed by atoms with Gasteiger partial charge in [0.2, 0.25) is 0 Å². The van der Waals surface area contributed by atoms with Gasteiger partial charge in [-0.2, -0.15) is 0 Å².